The van der Waals surface area contributed by atoms with Crippen molar-refractivity contribution in [3.63, 3.8) is 0 Å². The summed E-state index contributed by atoms with van der Waals surface area (Å²) in [5.74, 6) is 0. The monoisotopic (exact) mass is 215 g/mol. The van der Waals surface area contributed by atoms with Gasteiger partial charge in [-0.2, -0.15) is 8.42 Å². The molecule has 0 bridgehead atoms. The molecule has 0 spiro atoms. The fraction of sp³-hybridized carbons (Fsp3) is 0.333. The van der Waals surface area contributed by atoms with E-state index < -0.39 is 10.1 Å². The lowest BCUT2D eigenvalue weighted by Gasteiger charge is -2.04. The van der Waals surface area contributed by atoms with Crippen molar-refractivity contribution in [2.75, 3.05) is 13.2 Å². The zero-order chi connectivity index (χ0) is 10.6. The Hall–Kier alpha value is -0.910. The van der Waals surface area contributed by atoms with Gasteiger partial charge in [-0.05, 0) is 19.1 Å². The van der Waals surface area contributed by atoms with E-state index in [1.54, 1.807) is 12.1 Å². The molecule has 1 rings (SSSR count). The average Bonchev–Trinajstić information content (AvgIpc) is 2.16. The summed E-state index contributed by atoms with van der Waals surface area (Å²) in [6.07, 6.45) is 0. The fourth-order valence-electron chi connectivity index (χ4n) is 0.931. The van der Waals surface area contributed by atoms with Gasteiger partial charge in [0.15, 0.2) is 0 Å². The van der Waals surface area contributed by atoms with Crippen molar-refractivity contribution in [2.24, 2.45) is 5.73 Å². The molecule has 0 fully saturated rings. The summed E-state index contributed by atoms with van der Waals surface area (Å²) in [7, 11) is -3.62. The molecule has 78 valence electrons. The molecule has 2 N–H and O–H groups in total. The van der Waals surface area contributed by atoms with Crippen LogP contribution in [0.5, 0.6) is 0 Å². The first-order chi connectivity index (χ1) is 6.56. The predicted molar refractivity (Wildman–Crippen MR) is 53.4 cm³/mol. The molecule has 0 amide bonds. The van der Waals surface area contributed by atoms with Gasteiger partial charge in [-0.3, -0.25) is 4.18 Å². The normalized spacial score (nSPS) is 11.6. The van der Waals surface area contributed by atoms with Gasteiger partial charge in [-0.1, -0.05) is 17.7 Å². The Labute approximate surface area is 83.8 Å². The Morgan fingerprint density at radius 3 is 2.36 bits per heavy atom. The maximum absolute atomic E-state index is 11.4. The van der Waals surface area contributed by atoms with Crippen LogP contribution in [0.15, 0.2) is 29.2 Å². The van der Waals surface area contributed by atoms with Crippen molar-refractivity contribution >= 4 is 10.1 Å². The van der Waals surface area contributed by atoms with E-state index in [1.165, 1.54) is 12.1 Å². The van der Waals surface area contributed by atoms with Crippen LogP contribution in [-0.4, -0.2) is 21.6 Å². The summed E-state index contributed by atoms with van der Waals surface area (Å²) in [6, 6.07) is 6.47. The van der Waals surface area contributed by atoms with E-state index in [0.29, 0.717) is 0 Å². The average molecular weight is 215 g/mol. The fourth-order valence-corrected chi connectivity index (χ4v) is 1.85. The third kappa shape index (κ3) is 2.80. The molecule has 1 aromatic carbocycles. The second-order valence-corrected chi connectivity index (χ2v) is 4.49. The zero-order valence-electron chi connectivity index (χ0n) is 7.93. The quantitative estimate of drug-likeness (QED) is 0.749. The molecule has 14 heavy (non-hydrogen) atoms. The number of hydrogen-bond acceptors (Lipinski definition) is 4. The molecular weight excluding hydrogens is 202 g/mol. The van der Waals surface area contributed by atoms with Gasteiger partial charge in [0, 0.05) is 6.54 Å². The van der Waals surface area contributed by atoms with E-state index in [-0.39, 0.29) is 18.0 Å². The predicted octanol–water partition coefficient (Wildman–Crippen LogP) is 0.659. The van der Waals surface area contributed by atoms with E-state index in [0.717, 1.165) is 5.56 Å². The van der Waals surface area contributed by atoms with Crippen LogP contribution in [0, 0.1) is 6.92 Å². The van der Waals surface area contributed by atoms with Gasteiger partial charge in [0.2, 0.25) is 0 Å². The van der Waals surface area contributed by atoms with Gasteiger partial charge in [0.05, 0.1) is 11.5 Å². The Bertz CT molecular complexity index is 383. The third-order valence-electron chi connectivity index (χ3n) is 1.67. The maximum atomic E-state index is 11.4. The van der Waals surface area contributed by atoms with Crippen molar-refractivity contribution < 1.29 is 12.6 Å². The minimum Gasteiger partial charge on any atom is -0.328 e. The van der Waals surface area contributed by atoms with E-state index in [1.807, 2.05) is 6.92 Å². The molecule has 4 nitrogen and oxygen atoms in total. The van der Waals surface area contributed by atoms with Gasteiger partial charge in [0.1, 0.15) is 0 Å². The van der Waals surface area contributed by atoms with Crippen LogP contribution in [-0.2, 0) is 14.3 Å². The second-order valence-electron chi connectivity index (χ2n) is 2.88. The Balaban J connectivity index is 2.87. The highest BCUT2D eigenvalue weighted by Gasteiger charge is 2.13. The van der Waals surface area contributed by atoms with Crippen LogP contribution >= 0.6 is 0 Å². The van der Waals surface area contributed by atoms with Crippen LogP contribution in [0.4, 0.5) is 0 Å². The van der Waals surface area contributed by atoms with Crippen molar-refractivity contribution in [2.45, 2.75) is 11.8 Å². The van der Waals surface area contributed by atoms with E-state index in [9.17, 15) is 8.42 Å². The summed E-state index contributed by atoms with van der Waals surface area (Å²) in [6.45, 7) is 2.08. The lowest BCUT2D eigenvalue weighted by Crippen LogP contribution is -2.14. The molecule has 1 aromatic rings. The molecule has 0 radical (unpaired) electrons. The minimum atomic E-state index is -3.62. The van der Waals surface area contributed by atoms with Crippen molar-refractivity contribution in [1.82, 2.24) is 0 Å². The Kier molecular flexibility index (Phi) is 3.62. The number of nitrogens with two attached hydrogens (primary N) is 1. The van der Waals surface area contributed by atoms with Crippen LogP contribution in [0.25, 0.3) is 0 Å². The molecule has 0 atom stereocenters. The van der Waals surface area contributed by atoms with Crippen LogP contribution in [0.2, 0.25) is 0 Å². The summed E-state index contributed by atoms with van der Waals surface area (Å²) < 4.78 is 27.5. The highest BCUT2D eigenvalue weighted by Crippen LogP contribution is 2.12. The highest BCUT2D eigenvalue weighted by molar-refractivity contribution is 7.86. The van der Waals surface area contributed by atoms with E-state index in [2.05, 4.69) is 4.18 Å². The van der Waals surface area contributed by atoms with Gasteiger partial charge in [0.25, 0.3) is 10.1 Å². The molecule has 0 aromatic heterocycles. The highest BCUT2D eigenvalue weighted by atomic mass is 32.2. The van der Waals surface area contributed by atoms with Crippen LogP contribution < -0.4 is 5.73 Å². The molecule has 5 heteroatoms. The summed E-state index contributed by atoms with van der Waals surface area (Å²) in [5, 5.41) is 0. The molecule has 0 heterocycles. The zero-order valence-corrected chi connectivity index (χ0v) is 8.75. The van der Waals surface area contributed by atoms with Crippen LogP contribution in [0.3, 0.4) is 0 Å². The molecule has 0 aliphatic rings. The molecular formula is C9H13NO3S. The first-order valence-electron chi connectivity index (χ1n) is 4.22. The lowest BCUT2D eigenvalue weighted by atomic mass is 10.2. The number of aryl methyl sites for hydroxylation is 1. The number of rotatable bonds is 4. The lowest BCUT2D eigenvalue weighted by molar-refractivity contribution is 0.327. The minimum absolute atomic E-state index is 0.0101. The van der Waals surface area contributed by atoms with Crippen molar-refractivity contribution in [3.05, 3.63) is 29.8 Å². The SMILES string of the molecule is Cc1ccc(S(=O)(=O)OCCN)cc1. The smallest absolute Gasteiger partial charge is 0.297 e. The summed E-state index contributed by atoms with van der Waals surface area (Å²) >= 11 is 0. The van der Waals surface area contributed by atoms with Gasteiger partial charge < -0.3 is 5.73 Å². The molecule has 0 unspecified atom stereocenters. The van der Waals surface area contributed by atoms with Gasteiger partial charge >= 0.3 is 0 Å². The molecule has 0 aliphatic carbocycles. The first kappa shape index (κ1) is 11.2. The standard InChI is InChI=1S/C9H13NO3S/c1-8-2-4-9(5-3-8)14(11,12)13-7-6-10/h2-5H,6-7,10H2,1H3. The second kappa shape index (κ2) is 4.54. The molecule has 0 aliphatic heterocycles. The number of hydrogen-bond donors (Lipinski definition) is 1. The topological polar surface area (TPSA) is 69.4 Å². The van der Waals surface area contributed by atoms with E-state index in [4.69, 9.17) is 5.73 Å². The van der Waals surface area contributed by atoms with Crippen LogP contribution in [0.1, 0.15) is 5.56 Å². The molecule has 0 saturated carbocycles. The Morgan fingerprint density at radius 2 is 1.86 bits per heavy atom. The summed E-state index contributed by atoms with van der Waals surface area (Å²) in [5.41, 5.74) is 6.15. The third-order valence-corrected chi connectivity index (χ3v) is 2.99. The summed E-state index contributed by atoms with van der Waals surface area (Å²) in [4.78, 5) is 0.163. The molecule has 0 saturated heterocycles. The largest absolute Gasteiger partial charge is 0.328 e. The number of benzene rings is 1. The van der Waals surface area contributed by atoms with Crippen molar-refractivity contribution in [1.29, 1.82) is 0 Å². The van der Waals surface area contributed by atoms with E-state index >= 15 is 0 Å². The Morgan fingerprint density at radius 1 is 1.29 bits per heavy atom. The first-order valence-corrected chi connectivity index (χ1v) is 5.63. The van der Waals surface area contributed by atoms with Gasteiger partial charge in [-0.25, -0.2) is 0 Å². The maximum Gasteiger partial charge on any atom is 0.297 e. The van der Waals surface area contributed by atoms with Gasteiger partial charge in [-0.15, -0.1) is 0 Å². The van der Waals surface area contributed by atoms with Crippen molar-refractivity contribution in [3.8, 4) is 0 Å².